The van der Waals surface area contributed by atoms with E-state index in [-0.39, 0.29) is 11.5 Å². The lowest BCUT2D eigenvalue weighted by Gasteiger charge is -2.09. The molecule has 0 heterocycles. The summed E-state index contributed by atoms with van der Waals surface area (Å²) in [5.74, 6) is 2.14. The van der Waals surface area contributed by atoms with Gasteiger partial charge in [0, 0.05) is 11.3 Å². The van der Waals surface area contributed by atoms with E-state index in [2.05, 4.69) is 21.7 Å². The van der Waals surface area contributed by atoms with Crippen LogP contribution in [0.25, 0.3) is 0 Å². The molecule has 0 radical (unpaired) electrons. The van der Waals surface area contributed by atoms with Gasteiger partial charge in [-0.05, 0) is 42.0 Å². The topological polar surface area (TPSA) is 142 Å². The van der Waals surface area contributed by atoms with E-state index in [1.165, 1.54) is 24.3 Å². The molecule has 2 aromatic rings. The van der Waals surface area contributed by atoms with Crippen LogP contribution in [-0.2, 0) is 0 Å². The molecule has 2 aromatic carbocycles. The highest BCUT2D eigenvalue weighted by molar-refractivity contribution is 6.04. The van der Waals surface area contributed by atoms with Crippen LogP contribution in [0, 0.1) is 5.53 Å². The molecule has 2 rings (SSSR count). The second-order valence-corrected chi connectivity index (χ2v) is 4.69. The summed E-state index contributed by atoms with van der Waals surface area (Å²) >= 11 is 0. The number of amides is 1. The van der Waals surface area contributed by atoms with E-state index in [4.69, 9.17) is 10.6 Å². The number of carboxylic acids is 1. The quantitative estimate of drug-likeness (QED) is 0.406. The molecule has 0 aromatic heterocycles. The fraction of sp³-hybridized carbons (Fsp3) is 0.0667. The summed E-state index contributed by atoms with van der Waals surface area (Å²) in [7, 11) is 0. The Hall–Kier alpha value is -3.10. The van der Waals surface area contributed by atoms with Gasteiger partial charge in [0.2, 0.25) is 0 Å². The molecule has 0 fully saturated rings. The summed E-state index contributed by atoms with van der Waals surface area (Å²) in [4.78, 5) is 22.9. The lowest BCUT2D eigenvalue weighted by molar-refractivity contribution is -0.453. The number of hydrogen-bond donors (Lipinski definition) is 5. The molecule has 8 nitrogen and oxygen atoms in total. The van der Waals surface area contributed by atoms with Crippen molar-refractivity contribution < 1.29 is 20.5 Å². The van der Waals surface area contributed by atoms with Crippen molar-refractivity contribution in [3.8, 4) is 0 Å². The molecule has 1 unspecified atom stereocenters. The summed E-state index contributed by atoms with van der Waals surface area (Å²) in [5, 5.41) is 14.9. The highest BCUT2D eigenvalue weighted by Gasteiger charge is 2.11. The molecule has 1 amide bonds. The Morgan fingerprint density at radius 2 is 1.61 bits per heavy atom. The third-order valence-corrected chi connectivity index (χ3v) is 3.20. The smallest absolute Gasteiger partial charge is 0.335 e. The van der Waals surface area contributed by atoms with Gasteiger partial charge in [-0.3, -0.25) is 10.6 Å². The van der Waals surface area contributed by atoms with Crippen LogP contribution in [0.5, 0.6) is 0 Å². The van der Waals surface area contributed by atoms with Gasteiger partial charge in [0.05, 0.1) is 5.56 Å². The van der Waals surface area contributed by atoms with E-state index in [0.29, 0.717) is 11.3 Å². The molecule has 1 atom stereocenters. The van der Waals surface area contributed by atoms with Gasteiger partial charge in [-0.15, -0.1) is 5.43 Å². The molecule has 0 aliphatic carbocycles. The van der Waals surface area contributed by atoms with Gasteiger partial charge in [0.1, 0.15) is 0 Å². The Morgan fingerprint density at radius 1 is 1.04 bits per heavy atom. The van der Waals surface area contributed by atoms with Gasteiger partial charge in [-0.2, -0.15) is 5.11 Å². The number of nitrogens with zero attached hydrogens (tertiary/aromatic N) is 1. The molecule has 0 spiro atoms. The maximum Gasteiger partial charge on any atom is 0.335 e. The maximum absolute atomic E-state index is 12.1. The van der Waals surface area contributed by atoms with E-state index < -0.39 is 12.1 Å². The number of hydrogen-bond acceptors (Lipinski definition) is 5. The molecule has 7 N–H and O–H groups in total. The standard InChI is InChI=1S/C15H15N5O3/c16-19-13(20-17)9-1-3-10(4-2-9)14(21)18-12-7-5-11(6-8-12)15(22)23/h1-8,13,16,20H,17H2,(H,18,21)(H,22,23)/p+1. The normalized spacial score (nSPS) is 11.5. The Balaban J connectivity index is 2.08. The van der Waals surface area contributed by atoms with E-state index in [0.717, 1.165) is 5.56 Å². The van der Waals surface area contributed by atoms with Crippen molar-refractivity contribution in [3.05, 3.63) is 65.2 Å². The molecular weight excluding hydrogens is 298 g/mol. The maximum atomic E-state index is 12.1. The largest absolute Gasteiger partial charge is 0.478 e. The lowest BCUT2D eigenvalue weighted by Crippen LogP contribution is -2.65. The minimum absolute atomic E-state index is 0.151. The molecule has 118 valence electrons. The number of rotatable bonds is 6. The Morgan fingerprint density at radius 3 is 2.09 bits per heavy atom. The number of aromatic carboxylic acids is 1. The molecule has 0 aliphatic rings. The number of quaternary nitrogens is 1. The van der Waals surface area contributed by atoms with Crippen molar-refractivity contribution in [3.63, 3.8) is 0 Å². The fourth-order valence-electron chi connectivity index (χ4n) is 1.95. The van der Waals surface area contributed by atoms with Crippen LogP contribution in [0.2, 0.25) is 0 Å². The number of benzene rings is 2. The molecular formula is C15H16N5O3+. The molecule has 0 saturated carbocycles. The first-order valence-electron chi connectivity index (χ1n) is 6.69. The zero-order valence-electron chi connectivity index (χ0n) is 12.1. The third-order valence-electron chi connectivity index (χ3n) is 3.20. The molecule has 8 heteroatoms. The predicted molar refractivity (Wildman–Crippen MR) is 81.7 cm³/mol. The van der Waals surface area contributed by atoms with Crippen LogP contribution >= 0.6 is 0 Å². The summed E-state index contributed by atoms with van der Waals surface area (Å²) in [6, 6.07) is 12.5. The minimum Gasteiger partial charge on any atom is -0.478 e. The molecule has 0 aliphatic heterocycles. The van der Waals surface area contributed by atoms with Crippen LogP contribution in [-0.4, -0.2) is 17.0 Å². The second-order valence-electron chi connectivity index (χ2n) is 4.69. The number of carbonyl (C=O) groups excluding carboxylic acids is 1. The van der Waals surface area contributed by atoms with Gasteiger partial charge in [0.25, 0.3) is 5.91 Å². The van der Waals surface area contributed by atoms with Crippen molar-refractivity contribution in [2.24, 2.45) is 5.11 Å². The monoisotopic (exact) mass is 314 g/mol. The van der Waals surface area contributed by atoms with Crippen LogP contribution in [0.3, 0.4) is 0 Å². The zero-order valence-corrected chi connectivity index (χ0v) is 12.1. The molecule has 0 saturated heterocycles. The first-order valence-corrected chi connectivity index (χ1v) is 6.69. The van der Waals surface area contributed by atoms with Crippen molar-refractivity contribution in [2.45, 2.75) is 6.17 Å². The fourth-order valence-corrected chi connectivity index (χ4v) is 1.95. The lowest BCUT2D eigenvalue weighted by atomic mass is 10.1. The van der Waals surface area contributed by atoms with Crippen molar-refractivity contribution >= 4 is 17.6 Å². The van der Waals surface area contributed by atoms with Gasteiger partial charge < -0.3 is 10.4 Å². The van der Waals surface area contributed by atoms with E-state index in [9.17, 15) is 9.59 Å². The first kappa shape index (κ1) is 16.3. The van der Waals surface area contributed by atoms with Gasteiger partial charge in [-0.1, -0.05) is 12.1 Å². The van der Waals surface area contributed by atoms with Crippen molar-refractivity contribution in [1.29, 1.82) is 5.53 Å². The van der Waals surface area contributed by atoms with Crippen LogP contribution in [0.4, 0.5) is 5.69 Å². The van der Waals surface area contributed by atoms with Gasteiger partial charge in [-0.25, -0.2) is 10.3 Å². The first-order chi connectivity index (χ1) is 11.0. The van der Waals surface area contributed by atoms with E-state index in [1.54, 1.807) is 24.3 Å². The SMILES string of the molecule is N=NC(N[NH3+])c1ccc(C(=O)Nc2ccc(C(=O)O)cc2)cc1. The second kappa shape index (κ2) is 7.25. The van der Waals surface area contributed by atoms with Crippen molar-refractivity contribution in [1.82, 2.24) is 5.43 Å². The Bertz CT molecular complexity index is 713. The molecule has 0 bridgehead atoms. The van der Waals surface area contributed by atoms with Crippen molar-refractivity contribution in [2.75, 3.05) is 5.32 Å². The average Bonchev–Trinajstić information content (AvgIpc) is 2.57. The van der Waals surface area contributed by atoms with Gasteiger partial charge >= 0.3 is 5.97 Å². The highest BCUT2D eigenvalue weighted by atomic mass is 16.4. The Labute approximate surface area is 131 Å². The Kier molecular flexibility index (Phi) is 5.13. The summed E-state index contributed by atoms with van der Waals surface area (Å²) in [6.45, 7) is 0. The summed E-state index contributed by atoms with van der Waals surface area (Å²) < 4.78 is 0. The van der Waals surface area contributed by atoms with Gasteiger partial charge in [0.15, 0.2) is 6.17 Å². The highest BCUT2D eigenvalue weighted by Crippen LogP contribution is 2.15. The van der Waals surface area contributed by atoms with E-state index >= 15 is 0 Å². The number of carboxylic acid groups (broad SMARTS) is 1. The minimum atomic E-state index is -1.02. The zero-order chi connectivity index (χ0) is 16.8. The predicted octanol–water partition coefficient (Wildman–Crippen LogP) is 1.41. The summed E-state index contributed by atoms with van der Waals surface area (Å²) in [5.41, 5.74) is 11.5. The third kappa shape index (κ3) is 3.96. The molecule has 23 heavy (non-hydrogen) atoms. The number of carbonyl (C=O) groups is 2. The van der Waals surface area contributed by atoms with Crippen LogP contribution in [0.1, 0.15) is 32.4 Å². The van der Waals surface area contributed by atoms with Crippen LogP contribution in [0.15, 0.2) is 53.6 Å². The van der Waals surface area contributed by atoms with E-state index in [1.807, 2.05) is 0 Å². The number of nitrogens with one attached hydrogen (secondary N) is 3. The van der Waals surface area contributed by atoms with Crippen LogP contribution < -0.4 is 16.6 Å². The number of anilines is 1. The average molecular weight is 314 g/mol. The summed E-state index contributed by atoms with van der Waals surface area (Å²) in [6.07, 6.45) is -0.546.